The van der Waals surface area contributed by atoms with Gasteiger partial charge in [-0.3, -0.25) is 0 Å². The Kier molecular flexibility index (Phi) is 2.95. The van der Waals surface area contributed by atoms with Crippen LogP contribution in [-0.2, 0) is 6.42 Å². The molecule has 0 aromatic heterocycles. The summed E-state index contributed by atoms with van der Waals surface area (Å²) in [6.45, 7) is 1.63. The molecular weight excluding hydrogens is 215 g/mol. The number of nitrogens with two attached hydrogens (primary N) is 1. The Bertz CT molecular complexity index is 323. The van der Waals surface area contributed by atoms with Crippen LogP contribution in [0.2, 0.25) is 5.02 Å². The molecule has 1 nitrogen and oxygen atoms in total. The van der Waals surface area contributed by atoms with Gasteiger partial charge < -0.3 is 5.73 Å². The summed E-state index contributed by atoms with van der Waals surface area (Å²) in [6.07, 6.45) is -5.19. The fourth-order valence-electron chi connectivity index (χ4n) is 1.16. The highest BCUT2D eigenvalue weighted by atomic mass is 35.5. The van der Waals surface area contributed by atoms with Gasteiger partial charge in [0.1, 0.15) is 0 Å². The van der Waals surface area contributed by atoms with Crippen LogP contribution in [0.3, 0.4) is 0 Å². The molecule has 0 saturated carbocycles. The molecular formula is C9H9ClF3N. The summed E-state index contributed by atoms with van der Waals surface area (Å²) in [5.74, 6) is 0. The second kappa shape index (κ2) is 3.69. The molecule has 1 rings (SSSR count). The van der Waals surface area contributed by atoms with Gasteiger partial charge in [-0.2, -0.15) is 13.2 Å². The summed E-state index contributed by atoms with van der Waals surface area (Å²) in [7, 11) is 0. The van der Waals surface area contributed by atoms with E-state index in [1.807, 2.05) is 0 Å². The van der Waals surface area contributed by atoms with Gasteiger partial charge in [0.2, 0.25) is 0 Å². The Balaban J connectivity index is 3.02. The minimum Gasteiger partial charge on any atom is -0.397 e. The minimum atomic E-state index is -4.22. The Morgan fingerprint density at radius 3 is 2.36 bits per heavy atom. The van der Waals surface area contributed by atoms with Crippen molar-refractivity contribution in [1.82, 2.24) is 0 Å². The summed E-state index contributed by atoms with van der Waals surface area (Å²) < 4.78 is 36.1. The molecule has 14 heavy (non-hydrogen) atoms. The van der Waals surface area contributed by atoms with Crippen LogP contribution in [0.5, 0.6) is 0 Å². The third-order valence-corrected chi connectivity index (χ3v) is 2.11. The van der Waals surface area contributed by atoms with Crippen molar-refractivity contribution < 1.29 is 13.2 Å². The normalized spacial score (nSPS) is 11.8. The zero-order valence-corrected chi connectivity index (χ0v) is 8.21. The summed E-state index contributed by atoms with van der Waals surface area (Å²) in [4.78, 5) is 0. The molecule has 0 fully saturated rings. The third-order valence-electron chi connectivity index (χ3n) is 1.80. The Morgan fingerprint density at radius 2 is 1.93 bits per heavy atom. The van der Waals surface area contributed by atoms with Crippen LogP contribution in [0.4, 0.5) is 18.9 Å². The molecule has 0 aliphatic carbocycles. The van der Waals surface area contributed by atoms with Gasteiger partial charge in [0.05, 0.1) is 17.1 Å². The zero-order chi connectivity index (χ0) is 10.9. The van der Waals surface area contributed by atoms with Crippen LogP contribution in [0.25, 0.3) is 0 Å². The number of aryl methyl sites for hydroxylation is 1. The van der Waals surface area contributed by atoms with Gasteiger partial charge in [0, 0.05) is 0 Å². The second-order valence-electron chi connectivity index (χ2n) is 3.10. The fraction of sp³-hybridized carbons (Fsp3) is 0.333. The molecule has 0 saturated heterocycles. The fourth-order valence-corrected chi connectivity index (χ4v) is 1.45. The number of benzene rings is 1. The molecule has 2 N–H and O–H groups in total. The highest BCUT2D eigenvalue weighted by Crippen LogP contribution is 2.28. The lowest BCUT2D eigenvalue weighted by Gasteiger charge is -2.09. The predicted octanol–water partition coefficient (Wildman–Crippen LogP) is 3.34. The SMILES string of the molecule is Cc1cc(CC(F)(F)F)cc(Cl)c1N. The summed E-state index contributed by atoms with van der Waals surface area (Å²) in [5, 5.41) is 0.171. The molecule has 1 aromatic rings. The first kappa shape index (κ1) is 11.2. The Labute approximate surface area is 84.7 Å². The van der Waals surface area contributed by atoms with E-state index in [0.29, 0.717) is 11.3 Å². The third kappa shape index (κ3) is 2.80. The first-order valence-electron chi connectivity index (χ1n) is 3.91. The lowest BCUT2D eigenvalue weighted by molar-refractivity contribution is -0.127. The molecule has 0 spiro atoms. The van der Waals surface area contributed by atoms with Crippen molar-refractivity contribution in [3.8, 4) is 0 Å². The van der Waals surface area contributed by atoms with E-state index in [1.54, 1.807) is 6.92 Å². The molecule has 5 heteroatoms. The van der Waals surface area contributed by atoms with Gasteiger partial charge in [0.25, 0.3) is 0 Å². The van der Waals surface area contributed by atoms with Gasteiger partial charge in [-0.25, -0.2) is 0 Å². The number of alkyl halides is 3. The largest absolute Gasteiger partial charge is 0.397 e. The summed E-state index contributed by atoms with van der Waals surface area (Å²) >= 11 is 5.66. The van der Waals surface area contributed by atoms with Gasteiger partial charge in [0.15, 0.2) is 0 Å². The van der Waals surface area contributed by atoms with Crippen molar-refractivity contribution in [3.05, 3.63) is 28.3 Å². The molecule has 0 unspecified atom stereocenters. The van der Waals surface area contributed by atoms with Crippen molar-refractivity contribution in [1.29, 1.82) is 0 Å². The lowest BCUT2D eigenvalue weighted by Crippen LogP contribution is -2.11. The van der Waals surface area contributed by atoms with Crippen molar-refractivity contribution >= 4 is 17.3 Å². The molecule has 78 valence electrons. The smallest absolute Gasteiger partial charge is 0.393 e. The quantitative estimate of drug-likeness (QED) is 0.726. The van der Waals surface area contributed by atoms with E-state index in [9.17, 15) is 13.2 Å². The zero-order valence-electron chi connectivity index (χ0n) is 7.45. The molecule has 0 bridgehead atoms. The van der Waals surface area contributed by atoms with E-state index in [4.69, 9.17) is 17.3 Å². The standard InChI is InChI=1S/C9H9ClF3N/c1-5-2-6(4-9(11,12)13)3-7(10)8(5)14/h2-3H,4,14H2,1H3. The molecule has 0 aliphatic heterocycles. The van der Waals surface area contributed by atoms with Gasteiger partial charge >= 0.3 is 6.18 Å². The highest BCUT2D eigenvalue weighted by Gasteiger charge is 2.27. The van der Waals surface area contributed by atoms with Crippen LogP contribution < -0.4 is 5.73 Å². The van der Waals surface area contributed by atoms with E-state index in [-0.39, 0.29) is 10.6 Å². The number of nitrogen functional groups attached to an aromatic ring is 1. The molecule has 0 heterocycles. The monoisotopic (exact) mass is 223 g/mol. The van der Waals surface area contributed by atoms with Crippen LogP contribution >= 0.6 is 11.6 Å². The number of hydrogen-bond acceptors (Lipinski definition) is 1. The Hall–Kier alpha value is -0.900. The lowest BCUT2D eigenvalue weighted by atomic mass is 10.1. The average molecular weight is 224 g/mol. The van der Waals surface area contributed by atoms with Crippen molar-refractivity contribution in [3.63, 3.8) is 0 Å². The van der Waals surface area contributed by atoms with Gasteiger partial charge in [-0.05, 0) is 24.1 Å². The predicted molar refractivity (Wildman–Crippen MR) is 50.4 cm³/mol. The number of anilines is 1. The first-order chi connectivity index (χ1) is 6.29. The van der Waals surface area contributed by atoms with E-state index < -0.39 is 12.6 Å². The van der Waals surface area contributed by atoms with Gasteiger partial charge in [-0.1, -0.05) is 17.7 Å². The molecule has 0 atom stereocenters. The first-order valence-corrected chi connectivity index (χ1v) is 4.28. The summed E-state index contributed by atoms with van der Waals surface area (Å²) in [5.41, 5.74) is 6.53. The average Bonchev–Trinajstić information content (AvgIpc) is 1.96. The minimum absolute atomic E-state index is 0.134. The maximum atomic E-state index is 12.0. The topological polar surface area (TPSA) is 26.0 Å². The number of rotatable bonds is 1. The second-order valence-corrected chi connectivity index (χ2v) is 3.51. The van der Waals surface area contributed by atoms with Crippen molar-refractivity contribution in [2.24, 2.45) is 0 Å². The number of halogens is 4. The van der Waals surface area contributed by atoms with E-state index in [0.717, 1.165) is 0 Å². The van der Waals surface area contributed by atoms with Crippen LogP contribution in [0, 0.1) is 6.92 Å². The van der Waals surface area contributed by atoms with Crippen molar-refractivity contribution in [2.75, 3.05) is 5.73 Å². The molecule has 1 aromatic carbocycles. The maximum absolute atomic E-state index is 12.0. The van der Waals surface area contributed by atoms with Gasteiger partial charge in [-0.15, -0.1) is 0 Å². The highest BCUT2D eigenvalue weighted by molar-refractivity contribution is 6.33. The van der Waals surface area contributed by atoms with E-state index in [2.05, 4.69) is 0 Å². The van der Waals surface area contributed by atoms with E-state index >= 15 is 0 Å². The molecule has 0 amide bonds. The Morgan fingerprint density at radius 1 is 1.36 bits per heavy atom. The molecule has 0 radical (unpaired) electrons. The van der Waals surface area contributed by atoms with Crippen LogP contribution in [-0.4, -0.2) is 6.18 Å². The van der Waals surface area contributed by atoms with Crippen LogP contribution in [0.15, 0.2) is 12.1 Å². The van der Waals surface area contributed by atoms with E-state index in [1.165, 1.54) is 12.1 Å². The number of hydrogen-bond donors (Lipinski definition) is 1. The van der Waals surface area contributed by atoms with Crippen LogP contribution in [0.1, 0.15) is 11.1 Å². The van der Waals surface area contributed by atoms with Crippen molar-refractivity contribution in [2.45, 2.75) is 19.5 Å². The summed E-state index contributed by atoms with van der Waals surface area (Å²) in [6, 6.07) is 2.64. The maximum Gasteiger partial charge on any atom is 0.393 e. The molecule has 0 aliphatic rings.